The number of allylic oxidation sites excluding steroid dienone is 1. The van der Waals surface area contributed by atoms with Crippen molar-refractivity contribution in [2.24, 2.45) is 0 Å². The normalized spacial score (nSPS) is 13.9. The van der Waals surface area contributed by atoms with Crippen LogP contribution >= 0.6 is 11.3 Å². The summed E-state index contributed by atoms with van der Waals surface area (Å²) in [5.41, 5.74) is 3.07. The van der Waals surface area contributed by atoms with Gasteiger partial charge in [-0.2, -0.15) is 0 Å². The van der Waals surface area contributed by atoms with E-state index in [1.807, 2.05) is 11.3 Å². The zero-order valence-corrected chi connectivity index (χ0v) is 7.58. The van der Waals surface area contributed by atoms with Crippen LogP contribution in [0.25, 0.3) is 6.08 Å². The Morgan fingerprint density at radius 3 is 3.27 bits per heavy atom. The summed E-state index contributed by atoms with van der Waals surface area (Å²) in [4.78, 5) is 1.58. The molecule has 0 aromatic carbocycles. The summed E-state index contributed by atoms with van der Waals surface area (Å²) in [5, 5.41) is 2.31. The van der Waals surface area contributed by atoms with E-state index >= 15 is 0 Å². The molecule has 1 aromatic heterocycles. The zero-order valence-electron chi connectivity index (χ0n) is 6.76. The van der Waals surface area contributed by atoms with Crippen LogP contribution in [-0.4, -0.2) is 0 Å². The Bertz CT molecular complexity index is 281. The Morgan fingerprint density at radius 2 is 2.45 bits per heavy atom. The van der Waals surface area contributed by atoms with Crippen molar-refractivity contribution in [2.45, 2.75) is 26.2 Å². The lowest BCUT2D eigenvalue weighted by Gasteiger charge is -1.94. The van der Waals surface area contributed by atoms with E-state index in [0.717, 1.165) is 6.42 Å². The van der Waals surface area contributed by atoms with Crippen molar-refractivity contribution in [1.29, 1.82) is 0 Å². The van der Waals surface area contributed by atoms with E-state index in [-0.39, 0.29) is 0 Å². The third kappa shape index (κ3) is 1.14. The van der Waals surface area contributed by atoms with Gasteiger partial charge >= 0.3 is 0 Å². The van der Waals surface area contributed by atoms with Gasteiger partial charge in [-0.1, -0.05) is 25.5 Å². The van der Waals surface area contributed by atoms with E-state index in [4.69, 9.17) is 0 Å². The van der Waals surface area contributed by atoms with Crippen molar-refractivity contribution in [1.82, 2.24) is 0 Å². The summed E-state index contributed by atoms with van der Waals surface area (Å²) in [5.74, 6) is 0. The number of hydrogen-bond acceptors (Lipinski definition) is 1. The standard InChI is InChI=1S/C10H12S/c1-2-4-10-9-6-3-5-8(9)7-11-10/h3,6-7H,2,4-5H2,1H3. The van der Waals surface area contributed by atoms with Gasteiger partial charge in [0.1, 0.15) is 0 Å². The fourth-order valence-corrected chi connectivity index (χ4v) is 2.69. The lowest BCUT2D eigenvalue weighted by atomic mass is 10.1. The molecule has 0 saturated carbocycles. The Hall–Kier alpha value is -0.560. The summed E-state index contributed by atoms with van der Waals surface area (Å²) in [6.45, 7) is 2.24. The average molecular weight is 164 g/mol. The highest BCUT2D eigenvalue weighted by Crippen LogP contribution is 2.29. The lowest BCUT2D eigenvalue weighted by Crippen LogP contribution is -1.80. The van der Waals surface area contributed by atoms with Crippen molar-refractivity contribution < 1.29 is 0 Å². The maximum atomic E-state index is 2.31. The van der Waals surface area contributed by atoms with E-state index in [1.165, 1.54) is 18.4 Å². The van der Waals surface area contributed by atoms with E-state index in [1.54, 1.807) is 10.4 Å². The second-order valence-electron chi connectivity index (χ2n) is 2.95. The third-order valence-corrected chi connectivity index (χ3v) is 3.20. The zero-order chi connectivity index (χ0) is 7.68. The first-order valence-electron chi connectivity index (χ1n) is 4.17. The first-order valence-corrected chi connectivity index (χ1v) is 5.05. The summed E-state index contributed by atoms with van der Waals surface area (Å²) >= 11 is 1.93. The highest BCUT2D eigenvalue weighted by molar-refractivity contribution is 7.10. The Morgan fingerprint density at radius 1 is 1.55 bits per heavy atom. The van der Waals surface area contributed by atoms with Crippen molar-refractivity contribution in [2.75, 3.05) is 0 Å². The minimum atomic E-state index is 1.16. The van der Waals surface area contributed by atoms with Crippen LogP contribution in [0.3, 0.4) is 0 Å². The van der Waals surface area contributed by atoms with Crippen molar-refractivity contribution in [3.8, 4) is 0 Å². The maximum absolute atomic E-state index is 2.31. The number of fused-ring (bicyclic) bond motifs is 1. The maximum Gasteiger partial charge on any atom is 0.0120 e. The lowest BCUT2D eigenvalue weighted by molar-refractivity contribution is 0.937. The molecule has 11 heavy (non-hydrogen) atoms. The molecular weight excluding hydrogens is 152 g/mol. The van der Waals surface area contributed by atoms with Gasteiger partial charge in [0.2, 0.25) is 0 Å². The topological polar surface area (TPSA) is 0 Å². The minimum Gasteiger partial charge on any atom is -0.148 e. The van der Waals surface area contributed by atoms with Crippen LogP contribution in [0.1, 0.15) is 29.3 Å². The van der Waals surface area contributed by atoms with Gasteiger partial charge in [0, 0.05) is 4.88 Å². The van der Waals surface area contributed by atoms with Crippen LogP contribution in [0.5, 0.6) is 0 Å². The Labute approximate surface area is 71.6 Å². The molecule has 1 aromatic rings. The van der Waals surface area contributed by atoms with E-state index < -0.39 is 0 Å². The van der Waals surface area contributed by atoms with Crippen molar-refractivity contribution >= 4 is 17.4 Å². The second kappa shape index (κ2) is 2.82. The monoisotopic (exact) mass is 164 g/mol. The number of thiophene rings is 1. The highest BCUT2D eigenvalue weighted by Gasteiger charge is 2.10. The van der Waals surface area contributed by atoms with E-state index in [9.17, 15) is 0 Å². The molecule has 0 saturated heterocycles. The fraction of sp³-hybridized carbons (Fsp3) is 0.400. The van der Waals surface area contributed by atoms with Crippen molar-refractivity contribution in [3.05, 3.63) is 27.5 Å². The van der Waals surface area contributed by atoms with Crippen LogP contribution in [0, 0.1) is 0 Å². The highest BCUT2D eigenvalue weighted by atomic mass is 32.1. The molecule has 0 radical (unpaired) electrons. The summed E-state index contributed by atoms with van der Waals surface area (Å²) in [6, 6.07) is 0. The van der Waals surface area contributed by atoms with Crippen LogP contribution < -0.4 is 0 Å². The molecule has 0 N–H and O–H groups in total. The molecule has 0 fully saturated rings. The van der Waals surface area contributed by atoms with E-state index in [2.05, 4.69) is 24.5 Å². The smallest absolute Gasteiger partial charge is 0.0120 e. The molecular formula is C10H12S. The summed E-state index contributed by atoms with van der Waals surface area (Å²) in [7, 11) is 0. The van der Waals surface area contributed by atoms with Crippen LogP contribution in [-0.2, 0) is 12.8 Å². The third-order valence-electron chi connectivity index (χ3n) is 2.09. The molecule has 0 bridgehead atoms. The second-order valence-corrected chi connectivity index (χ2v) is 3.92. The average Bonchev–Trinajstić information content (AvgIpc) is 2.53. The van der Waals surface area contributed by atoms with Gasteiger partial charge in [0.25, 0.3) is 0 Å². The van der Waals surface area contributed by atoms with Gasteiger partial charge < -0.3 is 0 Å². The van der Waals surface area contributed by atoms with E-state index in [0.29, 0.717) is 0 Å². The van der Waals surface area contributed by atoms with Gasteiger partial charge in [-0.05, 0) is 29.3 Å². The number of rotatable bonds is 2. The molecule has 1 aliphatic carbocycles. The molecule has 58 valence electrons. The summed E-state index contributed by atoms with van der Waals surface area (Å²) in [6.07, 6.45) is 8.22. The number of hydrogen-bond donors (Lipinski definition) is 0. The van der Waals surface area contributed by atoms with Gasteiger partial charge in [0.15, 0.2) is 0 Å². The SMILES string of the molecule is CCCc1scc2c1C=CC2. The molecule has 0 amide bonds. The fourth-order valence-electron chi connectivity index (χ4n) is 1.53. The van der Waals surface area contributed by atoms with Gasteiger partial charge in [-0.15, -0.1) is 11.3 Å². The Kier molecular flexibility index (Phi) is 1.82. The quantitative estimate of drug-likeness (QED) is 0.629. The van der Waals surface area contributed by atoms with Crippen LogP contribution in [0.2, 0.25) is 0 Å². The molecule has 0 unspecified atom stereocenters. The number of aryl methyl sites for hydroxylation is 1. The predicted octanol–water partition coefficient (Wildman–Crippen LogP) is 3.27. The molecule has 0 spiro atoms. The Balaban J connectivity index is 2.34. The first kappa shape index (κ1) is 7.11. The predicted molar refractivity (Wildman–Crippen MR) is 51.1 cm³/mol. The van der Waals surface area contributed by atoms with Crippen molar-refractivity contribution in [3.63, 3.8) is 0 Å². The molecule has 1 heterocycles. The van der Waals surface area contributed by atoms with Crippen LogP contribution in [0.4, 0.5) is 0 Å². The molecule has 2 rings (SSSR count). The molecule has 1 aliphatic rings. The molecule has 0 nitrogen and oxygen atoms in total. The largest absolute Gasteiger partial charge is 0.148 e. The van der Waals surface area contributed by atoms with Gasteiger partial charge in [-0.3, -0.25) is 0 Å². The molecule has 0 aliphatic heterocycles. The summed E-state index contributed by atoms with van der Waals surface area (Å²) < 4.78 is 0. The molecule has 0 atom stereocenters. The molecule has 1 heteroatoms. The first-order chi connectivity index (χ1) is 5.42. The minimum absolute atomic E-state index is 1.16. The van der Waals surface area contributed by atoms with Gasteiger partial charge in [0.05, 0.1) is 0 Å². The van der Waals surface area contributed by atoms with Crippen LogP contribution in [0.15, 0.2) is 11.5 Å². The van der Waals surface area contributed by atoms with Gasteiger partial charge in [-0.25, -0.2) is 0 Å².